The third kappa shape index (κ3) is 3.91. The number of hydrogen-bond acceptors (Lipinski definition) is 5. The van der Waals surface area contributed by atoms with Crippen molar-refractivity contribution in [2.24, 2.45) is 0 Å². The Morgan fingerprint density at radius 3 is 2.57 bits per heavy atom. The van der Waals surface area contributed by atoms with Crippen LogP contribution in [-0.4, -0.2) is 38.2 Å². The first kappa shape index (κ1) is 19.6. The molecule has 0 fully saturated rings. The largest absolute Gasteiger partial charge is 0.493 e. The second kappa shape index (κ2) is 8.69. The van der Waals surface area contributed by atoms with Crippen molar-refractivity contribution in [3.8, 4) is 34.1 Å². The van der Waals surface area contributed by atoms with E-state index in [0.29, 0.717) is 49.1 Å². The summed E-state index contributed by atoms with van der Waals surface area (Å²) in [6, 6.07) is 9.64. The number of methoxy groups -OCH3 is 2. The van der Waals surface area contributed by atoms with Crippen LogP contribution in [-0.2, 0) is 11.3 Å². The molecular weight excluding hydrogens is 358 g/mol. The van der Waals surface area contributed by atoms with Gasteiger partial charge in [0.1, 0.15) is 6.61 Å². The second-order valence-electron chi connectivity index (χ2n) is 6.33. The highest BCUT2D eigenvalue weighted by atomic mass is 16.5. The van der Waals surface area contributed by atoms with Crippen LogP contribution in [0.5, 0.6) is 23.0 Å². The van der Waals surface area contributed by atoms with E-state index in [0.717, 1.165) is 16.7 Å². The van der Waals surface area contributed by atoms with Gasteiger partial charge in [-0.2, -0.15) is 0 Å². The monoisotopic (exact) mass is 383 g/mol. The zero-order valence-electron chi connectivity index (χ0n) is 16.5. The molecule has 0 aromatic heterocycles. The van der Waals surface area contributed by atoms with E-state index in [9.17, 15) is 4.79 Å². The first-order valence-electron chi connectivity index (χ1n) is 9.18. The van der Waals surface area contributed by atoms with Crippen molar-refractivity contribution in [2.75, 3.05) is 27.4 Å². The molecule has 0 spiro atoms. The standard InChI is InChI=1S/C22H25NO5/c1-5-21(24)23-9-10-28-22-17(14-23)11-16(13-20(22)27-6-2)15-7-8-18(25-3)19(12-15)26-4/h6-8,11-13H,2,5,9-10,14H2,1,3-4H3. The Morgan fingerprint density at radius 1 is 1.14 bits per heavy atom. The topological polar surface area (TPSA) is 57.2 Å². The SMILES string of the molecule is C=COc1cc(-c2ccc(OC)c(OC)c2)cc2c1OCCN(C(=O)CC)C2. The molecule has 0 N–H and O–H groups in total. The molecule has 0 bridgehead atoms. The zero-order chi connectivity index (χ0) is 20.1. The van der Waals surface area contributed by atoms with E-state index in [2.05, 4.69) is 6.58 Å². The Morgan fingerprint density at radius 2 is 1.89 bits per heavy atom. The predicted octanol–water partition coefficient (Wildman–Crippen LogP) is 4.02. The number of ether oxygens (including phenoxy) is 4. The quantitative estimate of drug-likeness (QED) is 0.705. The third-order valence-corrected chi connectivity index (χ3v) is 4.68. The summed E-state index contributed by atoms with van der Waals surface area (Å²) in [6.45, 7) is 6.95. The van der Waals surface area contributed by atoms with Gasteiger partial charge in [-0.15, -0.1) is 0 Å². The van der Waals surface area contributed by atoms with Crippen molar-refractivity contribution >= 4 is 5.91 Å². The minimum atomic E-state index is 0.0964. The smallest absolute Gasteiger partial charge is 0.222 e. The molecule has 2 aromatic rings. The van der Waals surface area contributed by atoms with E-state index in [-0.39, 0.29) is 5.91 Å². The van der Waals surface area contributed by atoms with Crippen LogP contribution in [0, 0.1) is 0 Å². The molecule has 1 heterocycles. The minimum Gasteiger partial charge on any atom is -0.493 e. The maximum absolute atomic E-state index is 12.2. The Labute approximate surface area is 165 Å². The van der Waals surface area contributed by atoms with Crippen LogP contribution in [0.4, 0.5) is 0 Å². The normalized spacial score (nSPS) is 13.0. The van der Waals surface area contributed by atoms with E-state index in [1.165, 1.54) is 6.26 Å². The van der Waals surface area contributed by atoms with Crippen molar-refractivity contribution in [1.82, 2.24) is 4.90 Å². The summed E-state index contributed by atoms with van der Waals surface area (Å²) in [4.78, 5) is 14.0. The molecule has 6 heteroatoms. The lowest BCUT2D eigenvalue weighted by atomic mass is 10.0. The van der Waals surface area contributed by atoms with Gasteiger partial charge >= 0.3 is 0 Å². The van der Waals surface area contributed by atoms with E-state index in [1.54, 1.807) is 14.2 Å². The van der Waals surface area contributed by atoms with E-state index >= 15 is 0 Å². The molecule has 0 saturated carbocycles. The number of hydrogen-bond donors (Lipinski definition) is 0. The van der Waals surface area contributed by atoms with Crippen LogP contribution in [0.25, 0.3) is 11.1 Å². The number of amides is 1. The molecular formula is C22H25NO5. The minimum absolute atomic E-state index is 0.0964. The second-order valence-corrected chi connectivity index (χ2v) is 6.33. The fraction of sp³-hybridized carbons (Fsp3) is 0.318. The average Bonchev–Trinajstić information content (AvgIpc) is 2.95. The van der Waals surface area contributed by atoms with Gasteiger partial charge < -0.3 is 23.8 Å². The van der Waals surface area contributed by atoms with Crippen LogP contribution in [0.15, 0.2) is 43.2 Å². The molecule has 1 aliphatic heterocycles. The molecule has 1 amide bonds. The first-order valence-corrected chi connectivity index (χ1v) is 9.18. The highest BCUT2D eigenvalue weighted by Gasteiger charge is 2.23. The van der Waals surface area contributed by atoms with Crippen LogP contribution >= 0.6 is 0 Å². The van der Waals surface area contributed by atoms with Crippen molar-refractivity contribution in [2.45, 2.75) is 19.9 Å². The van der Waals surface area contributed by atoms with Gasteiger partial charge in [-0.1, -0.05) is 19.6 Å². The zero-order valence-corrected chi connectivity index (χ0v) is 16.5. The summed E-state index contributed by atoms with van der Waals surface area (Å²) in [5.41, 5.74) is 2.75. The predicted molar refractivity (Wildman–Crippen MR) is 107 cm³/mol. The number of carbonyl (C=O) groups excluding carboxylic acids is 1. The number of benzene rings is 2. The van der Waals surface area contributed by atoms with Crippen LogP contribution in [0.2, 0.25) is 0 Å². The maximum atomic E-state index is 12.2. The average molecular weight is 383 g/mol. The lowest BCUT2D eigenvalue weighted by Gasteiger charge is -2.19. The van der Waals surface area contributed by atoms with E-state index in [1.807, 2.05) is 42.2 Å². The van der Waals surface area contributed by atoms with E-state index in [4.69, 9.17) is 18.9 Å². The van der Waals surface area contributed by atoms with Gasteiger partial charge in [0.25, 0.3) is 0 Å². The van der Waals surface area contributed by atoms with Gasteiger partial charge in [0.05, 0.1) is 27.0 Å². The van der Waals surface area contributed by atoms with Crippen molar-refractivity contribution in [3.05, 3.63) is 48.7 Å². The molecule has 0 saturated heterocycles. The number of carbonyl (C=O) groups is 1. The Balaban J connectivity index is 2.08. The van der Waals surface area contributed by atoms with Crippen LogP contribution < -0.4 is 18.9 Å². The highest BCUT2D eigenvalue weighted by molar-refractivity contribution is 5.77. The summed E-state index contributed by atoms with van der Waals surface area (Å²) in [6.07, 6.45) is 1.83. The Kier molecular flexibility index (Phi) is 6.09. The van der Waals surface area contributed by atoms with Crippen LogP contribution in [0.1, 0.15) is 18.9 Å². The van der Waals surface area contributed by atoms with Gasteiger partial charge in [-0.3, -0.25) is 4.79 Å². The summed E-state index contributed by atoms with van der Waals surface area (Å²) in [5.74, 6) is 2.62. The van der Waals surface area contributed by atoms with Crippen molar-refractivity contribution in [3.63, 3.8) is 0 Å². The molecule has 0 atom stereocenters. The molecule has 6 nitrogen and oxygen atoms in total. The molecule has 2 aromatic carbocycles. The maximum Gasteiger partial charge on any atom is 0.222 e. The summed E-state index contributed by atoms with van der Waals surface area (Å²) in [5, 5.41) is 0. The fourth-order valence-electron chi connectivity index (χ4n) is 3.28. The Bertz CT molecular complexity index is 877. The van der Waals surface area contributed by atoms with Gasteiger partial charge in [-0.25, -0.2) is 0 Å². The van der Waals surface area contributed by atoms with Gasteiger partial charge in [0, 0.05) is 18.5 Å². The molecule has 0 unspecified atom stereocenters. The van der Waals surface area contributed by atoms with Crippen LogP contribution in [0.3, 0.4) is 0 Å². The molecule has 0 radical (unpaired) electrons. The third-order valence-electron chi connectivity index (χ3n) is 4.68. The molecule has 28 heavy (non-hydrogen) atoms. The lowest BCUT2D eigenvalue weighted by molar-refractivity contribution is -0.131. The van der Waals surface area contributed by atoms with Gasteiger partial charge in [0.15, 0.2) is 23.0 Å². The molecule has 1 aliphatic rings. The summed E-state index contributed by atoms with van der Waals surface area (Å²) < 4.78 is 22.3. The molecule has 3 rings (SSSR count). The highest BCUT2D eigenvalue weighted by Crippen LogP contribution is 2.40. The molecule has 0 aliphatic carbocycles. The lowest BCUT2D eigenvalue weighted by Crippen LogP contribution is -2.31. The number of nitrogens with zero attached hydrogens (tertiary/aromatic N) is 1. The van der Waals surface area contributed by atoms with E-state index < -0.39 is 0 Å². The summed E-state index contributed by atoms with van der Waals surface area (Å²) in [7, 11) is 3.21. The van der Waals surface area contributed by atoms with Gasteiger partial charge in [0.2, 0.25) is 5.91 Å². The summed E-state index contributed by atoms with van der Waals surface area (Å²) >= 11 is 0. The van der Waals surface area contributed by atoms with Crippen molar-refractivity contribution < 1.29 is 23.7 Å². The number of fused-ring (bicyclic) bond motifs is 1. The Hall–Kier alpha value is -3.15. The first-order chi connectivity index (χ1) is 13.6. The van der Waals surface area contributed by atoms with Gasteiger partial charge in [-0.05, 0) is 35.4 Å². The van der Waals surface area contributed by atoms with Crippen molar-refractivity contribution in [1.29, 1.82) is 0 Å². The number of rotatable bonds is 6. The molecule has 148 valence electrons. The fourth-order valence-corrected chi connectivity index (χ4v) is 3.28.